The molecule has 0 aromatic carbocycles. The van der Waals surface area contributed by atoms with Gasteiger partial charge in [0, 0.05) is 42.6 Å². The number of nitrogens with zero attached hydrogens (tertiary/aromatic N) is 6. The molecule has 0 aliphatic carbocycles. The number of rotatable bonds is 3. The Kier molecular flexibility index (Phi) is 3.59. The van der Waals surface area contributed by atoms with E-state index in [1.54, 1.807) is 18.6 Å². The molecule has 1 saturated heterocycles. The van der Waals surface area contributed by atoms with Gasteiger partial charge in [-0.25, -0.2) is 15.0 Å². The fourth-order valence-corrected chi connectivity index (χ4v) is 3.32. The van der Waals surface area contributed by atoms with Crippen LogP contribution < -0.4 is 4.90 Å². The van der Waals surface area contributed by atoms with Gasteiger partial charge < -0.3 is 14.4 Å². The number of hydrogen-bond donors (Lipinski definition) is 1. The maximum atomic E-state index is 5.44. The van der Waals surface area contributed by atoms with Crippen molar-refractivity contribution < 1.29 is 4.52 Å². The third-order valence-corrected chi connectivity index (χ3v) is 4.70. The minimum Gasteiger partial charge on any atom is -0.357 e. The maximum absolute atomic E-state index is 5.44. The largest absolute Gasteiger partial charge is 0.357 e. The Morgan fingerprint density at radius 3 is 2.81 bits per heavy atom. The van der Waals surface area contributed by atoms with Gasteiger partial charge >= 0.3 is 0 Å². The molecule has 130 valence electrons. The summed E-state index contributed by atoms with van der Waals surface area (Å²) in [6, 6.07) is 4.01. The molecule has 0 spiro atoms. The van der Waals surface area contributed by atoms with Crippen molar-refractivity contribution in [1.82, 2.24) is 30.1 Å². The van der Waals surface area contributed by atoms with Gasteiger partial charge in [-0.3, -0.25) is 0 Å². The van der Waals surface area contributed by atoms with Crippen molar-refractivity contribution in [3.05, 3.63) is 37.1 Å². The molecule has 0 saturated carbocycles. The summed E-state index contributed by atoms with van der Waals surface area (Å²) in [5.41, 5.74) is 2.36. The molecule has 1 fully saturated rings. The van der Waals surface area contributed by atoms with Gasteiger partial charge in [-0.1, -0.05) is 5.16 Å². The summed E-state index contributed by atoms with van der Waals surface area (Å²) < 4.78 is 5.44. The van der Waals surface area contributed by atoms with E-state index >= 15 is 0 Å². The molecule has 5 heterocycles. The van der Waals surface area contributed by atoms with Crippen LogP contribution in [-0.4, -0.2) is 43.2 Å². The van der Waals surface area contributed by atoms with Crippen LogP contribution in [0.1, 0.15) is 19.3 Å². The van der Waals surface area contributed by atoms with Crippen molar-refractivity contribution in [2.24, 2.45) is 0 Å². The Labute approximate surface area is 149 Å². The SMILES string of the molecule is c1ncc2c(-c3nc(-c4ccc(N5CCCCC5)nc4)no3)c[nH]c2n1. The van der Waals surface area contributed by atoms with Crippen molar-refractivity contribution in [3.63, 3.8) is 0 Å². The minimum atomic E-state index is 0.432. The Hall–Kier alpha value is -3.29. The van der Waals surface area contributed by atoms with Crippen molar-refractivity contribution in [2.45, 2.75) is 19.3 Å². The zero-order valence-electron chi connectivity index (χ0n) is 14.1. The third-order valence-electron chi connectivity index (χ3n) is 4.70. The molecule has 4 aromatic rings. The molecule has 8 heteroatoms. The molecule has 4 aromatic heterocycles. The molecule has 26 heavy (non-hydrogen) atoms. The first-order chi connectivity index (χ1) is 12.9. The highest BCUT2D eigenvalue weighted by Crippen LogP contribution is 2.28. The molecule has 1 aliphatic rings. The molecule has 0 radical (unpaired) electrons. The maximum Gasteiger partial charge on any atom is 0.260 e. The van der Waals surface area contributed by atoms with Crippen LogP contribution in [0.15, 0.2) is 41.6 Å². The Bertz CT molecular complexity index is 1030. The lowest BCUT2D eigenvalue weighted by Crippen LogP contribution is -2.29. The van der Waals surface area contributed by atoms with Crippen LogP contribution in [-0.2, 0) is 0 Å². The number of pyridine rings is 1. The van der Waals surface area contributed by atoms with E-state index in [0.717, 1.165) is 41.1 Å². The van der Waals surface area contributed by atoms with Gasteiger partial charge in [-0.05, 0) is 31.4 Å². The monoisotopic (exact) mass is 347 g/mol. The number of piperidine rings is 1. The fraction of sp³-hybridized carbons (Fsp3) is 0.278. The van der Waals surface area contributed by atoms with Gasteiger partial charge in [0.25, 0.3) is 5.89 Å². The first kappa shape index (κ1) is 15.0. The summed E-state index contributed by atoms with van der Waals surface area (Å²) in [5, 5.41) is 4.95. The van der Waals surface area contributed by atoms with Crippen molar-refractivity contribution in [2.75, 3.05) is 18.0 Å². The molecule has 8 nitrogen and oxygen atoms in total. The second-order valence-corrected chi connectivity index (χ2v) is 6.36. The average Bonchev–Trinajstić information content (AvgIpc) is 3.36. The number of fused-ring (bicyclic) bond motifs is 1. The first-order valence-corrected chi connectivity index (χ1v) is 8.71. The van der Waals surface area contributed by atoms with Crippen molar-refractivity contribution in [1.29, 1.82) is 0 Å². The predicted molar refractivity (Wildman–Crippen MR) is 96.5 cm³/mol. The standard InChI is InChI=1S/C18H17N7O/c1-2-6-25(7-3-1)15-5-4-12(8-20-15)16-23-18(26-24-16)14-10-21-17-13(14)9-19-11-22-17/h4-5,8-11H,1-3,6-7H2,(H,19,21,22). The second-order valence-electron chi connectivity index (χ2n) is 6.36. The smallest absolute Gasteiger partial charge is 0.260 e. The highest BCUT2D eigenvalue weighted by molar-refractivity contribution is 5.90. The Morgan fingerprint density at radius 2 is 1.96 bits per heavy atom. The van der Waals surface area contributed by atoms with Gasteiger partial charge in [0.1, 0.15) is 17.8 Å². The van der Waals surface area contributed by atoms with Crippen LogP contribution in [0.25, 0.3) is 33.9 Å². The third kappa shape index (κ3) is 2.59. The van der Waals surface area contributed by atoms with Gasteiger partial charge in [0.2, 0.25) is 5.82 Å². The summed E-state index contributed by atoms with van der Waals surface area (Å²) in [4.78, 5) is 22.7. The van der Waals surface area contributed by atoms with Gasteiger partial charge in [0.05, 0.1) is 5.56 Å². The van der Waals surface area contributed by atoms with E-state index in [-0.39, 0.29) is 0 Å². The van der Waals surface area contributed by atoms with Gasteiger partial charge in [-0.2, -0.15) is 4.98 Å². The lowest BCUT2D eigenvalue weighted by Gasteiger charge is -2.27. The highest BCUT2D eigenvalue weighted by atomic mass is 16.5. The summed E-state index contributed by atoms with van der Waals surface area (Å²) in [7, 11) is 0. The average molecular weight is 347 g/mol. The normalized spacial score (nSPS) is 14.8. The fourth-order valence-electron chi connectivity index (χ4n) is 3.32. The van der Waals surface area contributed by atoms with Crippen LogP contribution in [0.2, 0.25) is 0 Å². The molecular weight excluding hydrogens is 330 g/mol. The molecule has 1 N–H and O–H groups in total. The molecule has 0 atom stereocenters. The van der Waals surface area contributed by atoms with E-state index in [4.69, 9.17) is 4.52 Å². The number of nitrogens with one attached hydrogen (secondary N) is 1. The second kappa shape index (κ2) is 6.21. The van der Waals surface area contributed by atoms with Crippen LogP contribution in [0, 0.1) is 0 Å². The number of aromatic amines is 1. The van der Waals surface area contributed by atoms with E-state index in [0.29, 0.717) is 11.7 Å². The summed E-state index contributed by atoms with van der Waals surface area (Å²) in [6.07, 6.45) is 10.6. The van der Waals surface area contributed by atoms with E-state index in [1.807, 2.05) is 12.1 Å². The molecule has 0 bridgehead atoms. The van der Waals surface area contributed by atoms with E-state index in [2.05, 4.69) is 35.0 Å². The lowest BCUT2D eigenvalue weighted by molar-refractivity contribution is 0.432. The molecule has 5 rings (SSSR count). The summed E-state index contributed by atoms with van der Waals surface area (Å²) in [5.74, 6) is 1.95. The minimum absolute atomic E-state index is 0.432. The number of hydrogen-bond acceptors (Lipinski definition) is 7. The molecule has 0 amide bonds. The Morgan fingerprint density at radius 1 is 1.04 bits per heavy atom. The molecular formula is C18H17N7O. The van der Waals surface area contributed by atoms with E-state index < -0.39 is 0 Å². The van der Waals surface area contributed by atoms with Gasteiger partial charge in [-0.15, -0.1) is 0 Å². The number of H-pyrrole nitrogens is 1. The van der Waals surface area contributed by atoms with Crippen LogP contribution in [0.3, 0.4) is 0 Å². The zero-order chi connectivity index (χ0) is 17.3. The summed E-state index contributed by atoms with van der Waals surface area (Å²) >= 11 is 0. The van der Waals surface area contributed by atoms with Gasteiger partial charge in [0.15, 0.2) is 0 Å². The van der Waals surface area contributed by atoms with Crippen LogP contribution >= 0.6 is 0 Å². The molecule has 0 unspecified atom stereocenters. The number of aromatic nitrogens is 6. The van der Waals surface area contributed by atoms with E-state index in [9.17, 15) is 0 Å². The highest BCUT2D eigenvalue weighted by Gasteiger charge is 2.16. The quantitative estimate of drug-likeness (QED) is 0.608. The lowest BCUT2D eigenvalue weighted by atomic mass is 10.1. The summed E-state index contributed by atoms with van der Waals surface area (Å²) in [6.45, 7) is 2.14. The van der Waals surface area contributed by atoms with Crippen LogP contribution in [0.5, 0.6) is 0 Å². The van der Waals surface area contributed by atoms with E-state index in [1.165, 1.54) is 25.6 Å². The zero-order valence-corrected chi connectivity index (χ0v) is 14.1. The molecule has 1 aliphatic heterocycles. The topological polar surface area (TPSA) is 96.6 Å². The van der Waals surface area contributed by atoms with Crippen molar-refractivity contribution >= 4 is 16.9 Å². The Balaban J connectivity index is 1.43. The predicted octanol–water partition coefficient (Wildman–Crippen LogP) is 3.06. The number of anilines is 1. The van der Waals surface area contributed by atoms with Crippen molar-refractivity contribution in [3.8, 4) is 22.8 Å². The van der Waals surface area contributed by atoms with Crippen LogP contribution in [0.4, 0.5) is 5.82 Å². The first-order valence-electron chi connectivity index (χ1n) is 8.71.